The third-order valence-corrected chi connectivity index (χ3v) is 5.24. The van der Waals surface area contributed by atoms with Gasteiger partial charge in [0.1, 0.15) is 22.9 Å². The van der Waals surface area contributed by atoms with Crippen molar-refractivity contribution in [3.63, 3.8) is 0 Å². The number of benzene rings is 2. The van der Waals surface area contributed by atoms with E-state index in [1.54, 1.807) is 42.5 Å². The average Bonchev–Trinajstić information content (AvgIpc) is 2.82. The van der Waals surface area contributed by atoms with Gasteiger partial charge >= 0.3 is 6.18 Å². The van der Waals surface area contributed by atoms with Crippen molar-refractivity contribution in [2.75, 3.05) is 32.4 Å². The molecule has 0 saturated carbocycles. The maximum Gasteiger partial charge on any atom is 0.433 e. The molecule has 0 unspecified atom stereocenters. The van der Waals surface area contributed by atoms with E-state index in [-0.39, 0.29) is 16.6 Å². The van der Waals surface area contributed by atoms with Crippen LogP contribution >= 0.6 is 11.8 Å². The van der Waals surface area contributed by atoms with Gasteiger partial charge in [0.05, 0.1) is 38.5 Å². The lowest BCUT2D eigenvalue weighted by molar-refractivity contribution is -0.141. The van der Waals surface area contributed by atoms with E-state index in [9.17, 15) is 18.0 Å². The normalized spacial score (nSPS) is 11.1. The summed E-state index contributed by atoms with van der Waals surface area (Å²) in [5.41, 5.74) is -0.159. The van der Waals surface area contributed by atoms with Gasteiger partial charge < -0.3 is 19.5 Å². The smallest absolute Gasteiger partial charge is 0.433 e. The van der Waals surface area contributed by atoms with Crippen LogP contribution in [-0.2, 0) is 11.0 Å². The molecule has 1 aromatic heterocycles. The summed E-state index contributed by atoms with van der Waals surface area (Å²) in [7, 11) is 4.43. The Morgan fingerprint density at radius 2 is 1.61 bits per heavy atom. The first-order valence-electron chi connectivity index (χ1n) is 9.49. The van der Waals surface area contributed by atoms with Gasteiger partial charge in [-0.05, 0) is 42.5 Å². The van der Waals surface area contributed by atoms with Gasteiger partial charge in [-0.3, -0.25) is 4.79 Å². The summed E-state index contributed by atoms with van der Waals surface area (Å²) in [4.78, 5) is 20.2. The second-order valence-corrected chi connectivity index (χ2v) is 7.49. The molecule has 0 bridgehead atoms. The minimum atomic E-state index is -4.67. The molecule has 1 amide bonds. The van der Waals surface area contributed by atoms with Crippen molar-refractivity contribution in [1.29, 1.82) is 0 Å². The topological polar surface area (TPSA) is 82.6 Å². The van der Waals surface area contributed by atoms with Crippen LogP contribution in [0.4, 0.5) is 18.9 Å². The number of aromatic nitrogens is 2. The lowest BCUT2D eigenvalue weighted by Gasteiger charge is -2.12. The number of halogens is 3. The van der Waals surface area contributed by atoms with Crippen molar-refractivity contribution >= 4 is 23.4 Å². The number of carbonyl (C=O) groups excluding carboxylic acids is 1. The van der Waals surface area contributed by atoms with E-state index in [1.165, 1.54) is 21.3 Å². The number of rotatable bonds is 8. The minimum absolute atomic E-state index is 0.0831. The highest BCUT2D eigenvalue weighted by Crippen LogP contribution is 2.33. The van der Waals surface area contributed by atoms with E-state index in [0.29, 0.717) is 28.5 Å². The maximum atomic E-state index is 13.4. The molecule has 0 aliphatic rings. The van der Waals surface area contributed by atoms with Gasteiger partial charge in [0, 0.05) is 11.6 Å². The van der Waals surface area contributed by atoms with E-state index < -0.39 is 17.8 Å². The molecule has 3 rings (SSSR count). The second-order valence-electron chi connectivity index (χ2n) is 6.55. The van der Waals surface area contributed by atoms with Gasteiger partial charge in [0.25, 0.3) is 0 Å². The lowest BCUT2D eigenvalue weighted by Crippen LogP contribution is -2.15. The third kappa shape index (κ3) is 6.28. The van der Waals surface area contributed by atoms with Crippen LogP contribution < -0.4 is 19.5 Å². The first kappa shape index (κ1) is 24.2. The van der Waals surface area contributed by atoms with Crippen LogP contribution in [-0.4, -0.2) is 43.0 Å². The molecule has 1 N–H and O–H groups in total. The van der Waals surface area contributed by atoms with Crippen molar-refractivity contribution in [3.8, 4) is 28.5 Å². The molecule has 7 nitrogen and oxygen atoms in total. The number of nitrogens with one attached hydrogen (secondary N) is 1. The number of hydrogen-bond acceptors (Lipinski definition) is 7. The van der Waals surface area contributed by atoms with Crippen LogP contribution in [0.5, 0.6) is 17.2 Å². The molecule has 1 heterocycles. The molecule has 33 heavy (non-hydrogen) atoms. The molecular weight excluding hydrogens is 459 g/mol. The number of hydrogen-bond donors (Lipinski definition) is 1. The number of ether oxygens (including phenoxy) is 3. The predicted molar refractivity (Wildman–Crippen MR) is 118 cm³/mol. The fourth-order valence-electron chi connectivity index (χ4n) is 2.76. The Morgan fingerprint density at radius 1 is 0.939 bits per heavy atom. The van der Waals surface area contributed by atoms with Crippen LogP contribution in [0, 0.1) is 0 Å². The molecule has 0 radical (unpaired) electrons. The SMILES string of the molecule is COc1ccc(-c2cc(C(F)(F)F)nc(SCC(=O)Nc3ccc(OC)cc3OC)n2)cc1. The van der Waals surface area contributed by atoms with Gasteiger partial charge in [0.15, 0.2) is 5.16 Å². The summed E-state index contributed by atoms with van der Waals surface area (Å²) >= 11 is 0.791. The molecular formula is C22H20F3N3O4S. The van der Waals surface area contributed by atoms with Crippen molar-refractivity contribution in [2.45, 2.75) is 11.3 Å². The zero-order valence-electron chi connectivity index (χ0n) is 17.9. The lowest BCUT2D eigenvalue weighted by atomic mass is 10.1. The molecule has 0 atom stereocenters. The fourth-order valence-corrected chi connectivity index (χ4v) is 3.42. The molecule has 0 aliphatic carbocycles. The van der Waals surface area contributed by atoms with Crippen LogP contribution in [0.25, 0.3) is 11.3 Å². The Bertz CT molecular complexity index is 1120. The highest BCUT2D eigenvalue weighted by atomic mass is 32.2. The van der Waals surface area contributed by atoms with Crippen LogP contribution in [0.15, 0.2) is 53.7 Å². The van der Waals surface area contributed by atoms with Crippen molar-refractivity contribution in [1.82, 2.24) is 9.97 Å². The summed E-state index contributed by atoms with van der Waals surface area (Å²) < 4.78 is 55.6. The van der Waals surface area contributed by atoms with Gasteiger partial charge in [-0.25, -0.2) is 9.97 Å². The molecule has 0 fully saturated rings. The summed E-state index contributed by atoms with van der Waals surface area (Å²) in [6, 6.07) is 12.1. The number of nitrogens with zero attached hydrogens (tertiary/aromatic N) is 2. The first-order valence-corrected chi connectivity index (χ1v) is 10.5. The largest absolute Gasteiger partial charge is 0.497 e. The van der Waals surface area contributed by atoms with E-state index in [1.807, 2.05) is 0 Å². The number of alkyl halides is 3. The average molecular weight is 479 g/mol. The molecule has 2 aromatic carbocycles. The Morgan fingerprint density at radius 3 is 2.21 bits per heavy atom. The number of methoxy groups -OCH3 is 3. The summed E-state index contributed by atoms with van der Waals surface area (Å²) in [6.45, 7) is 0. The van der Waals surface area contributed by atoms with Crippen molar-refractivity contribution < 1.29 is 32.2 Å². The predicted octanol–water partition coefficient (Wildman–Crippen LogP) is 4.92. The molecule has 11 heteroatoms. The second kappa shape index (κ2) is 10.4. The van der Waals surface area contributed by atoms with Crippen molar-refractivity contribution in [2.24, 2.45) is 0 Å². The van der Waals surface area contributed by atoms with Gasteiger partial charge in [-0.1, -0.05) is 11.8 Å². The fraction of sp³-hybridized carbons (Fsp3) is 0.227. The van der Waals surface area contributed by atoms with Gasteiger partial charge in [-0.15, -0.1) is 0 Å². The maximum absolute atomic E-state index is 13.4. The molecule has 174 valence electrons. The highest BCUT2D eigenvalue weighted by Gasteiger charge is 2.34. The minimum Gasteiger partial charge on any atom is -0.497 e. The Balaban J connectivity index is 1.79. The number of amides is 1. The van der Waals surface area contributed by atoms with Crippen LogP contribution in [0.1, 0.15) is 5.69 Å². The monoisotopic (exact) mass is 479 g/mol. The summed E-state index contributed by atoms with van der Waals surface area (Å²) in [5.74, 6) is 0.811. The standard InChI is InChI=1S/C22H20F3N3O4S/c1-30-14-6-4-13(5-7-14)17-11-19(22(23,24)25)28-21(27-17)33-12-20(29)26-16-9-8-15(31-2)10-18(16)32-3/h4-11H,12H2,1-3H3,(H,26,29). The highest BCUT2D eigenvalue weighted by molar-refractivity contribution is 7.99. The molecule has 0 aliphatic heterocycles. The molecule has 0 saturated heterocycles. The zero-order valence-corrected chi connectivity index (χ0v) is 18.7. The molecule has 3 aromatic rings. The summed E-state index contributed by atoms with van der Waals surface area (Å²) in [6.07, 6.45) is -4.67. The Kier molecular flexibility index (Phi) is 7.64. The zero-order chi connectivity index (χ0) is 24.0. The Labute approximate surface area is 192 Å². The van der Waals surface area contributed by atoms with E-state index in [4.69, 9.17) is 14.2 Å². The third-order valence-electron chi connectivity index (χ3n) is 4.40. The van der Waals surface area contributed by atoms with E-state index in [2.05, 4.69) is 15.3 Å². The van der Waals surface area contributed by atoms with Crippen LogP contribution in [0.3, 0.4) is 0 Å². The first-order chi connectivity index (χ1) is 15.7. The van der Waals surface area contributed by atoms with Gasteiger partial charge in [0.2, 0.25) is 5.91 Å². The van der Waals surface area contributed by atoms with E-state index >= 15 is 0 Å². The van der Waals surface area contributed by atoms with Gasteiger partial charge in [-0.2, -0.15) is 13.2 Å². The number of anilines is 1. The molecule has 0 spiro atoms. The number of thioether (sulfide) groups is 1. The number of carbonyl (C=O) groups is 1. The van der Waals surface area contributed by atoms with Crippen LogP contribution in [0.2, 0.25) is 0 Å². The van der Waals surface area contributed by atoms with Crippen molar-refractivity contribution in [3.05, 3.63) is 54.2 Å². The summed E-state index contributed by atoms with van der Waals surface area (Å²) in [5, 5.41) is 2.48. The Hall–Kier alpha value is -3.47. The quantitative estimate of drug-likeness (QED) is 0.363. The van der Waals surface area contributed by atoms with E-state index in [0.717, 1.165) is 17.8 Å².